The number of hydrogen-bond donors (Lipinski definition) is 1. The SMILES string of the molecule is Cc1cccc2c1N1CC(N)CC1C2. The van der Waals surface area contributed by atoms with E-state index in [9.17, 15) is 0 Å². The van der Waals surface area contributed by atoms with E-state index >= 15 is 0 Å². The first-order valence-corrected chi connectivity index (χ1v) is 5.36. The molecule has 0 aromatic heterocycles. The van der Waals surface area contributed by atoms with Crippen molar-refractivity contribution in [3.8, 4) is 0 Å². The van der Waals surface area contributed by atoms with Crippen LogP contribution in [-0.4, -0.2) is 18.6 Å². The summed E-state index contributed by atoms with van der Waals surface area (Å²) in [5, 5.41) is 0. The molecular formula is C12H16N2. The molecule has 1 saturated heterocycles. The highest BCUT2D eigenvalue weighted by Gasteiger charge is 2.37. The van der Waals surface area contributed by atoms with E-state index in [1.165, 1.54) is 23.2 Å². The van der Waals surface area contributed by atoms with Crippen LogP contribution in [0.4, 0.5) is 5.69 Å². The van der Waals surface area contributed by atoms with Crippen LogP contribution in [-0.2, 0) is 6.42 Å². The summed E-state index contributed by atoms with van der Waals surface area (Å²) in [7, 11) is 0. The van der Waals surface area contributed by atoms with Crippen LogP contribution in [0.1, 0.15) is 17.5 Å². The first-order valence-electron chi connectivity index (χ1n) is 5.36. The minimum absolute atomic E-state index is 0.382. The van der Waals surface area contributed by atoms with Crippen molar-refractivity contribution in [2.24, 2.45) is 5.73 Å². The molecule has 0 aliphatic carbocycles. The van der Waals surface area contributed by atoms with Crippen LogP contribution >= 0.6 is 0 Å². The van der Waals surface area contributed by atoms with Crippen LogP contribution in [0.2, 0.25) is 0 Å². The van der Waals surface area contributed by atoms with Crippen LogP contribution in [0, 0.1) is 6.92 Å². The molecule has 0 spiro atoms. The third-order valence-corrected chi connectivity index (χ3v) is 3.51. The summed E-state index contributed by atoms with van der Waals surface area (Å²) >= 11 is 0. The summed E-state index contributed by atoms with van der Waals surface area (Å²) in [6.45, 7) is 3.24. The van der Waals surface area contributed by atoms with Gasteiger partial charge < -0.3 is 10.6 Å². The van der Waals surface area contributed by atoms with Crippen molar-refractivity contribution in [3.63, 3.8) is 0 Å². The number of aryl methyl sites for hydroxylation is 1. The predicted molar refractivity (Wildman–Crippen MR) is 58.6 cm³/mol. The van der Waals surface area contributed by atoms with E-state index in [4.69, 9.17) is 5.73 Å². The number of rotatable bonds is 0. The molecule has 74 valence electrons. The molecule has 3 rings (SSSR count). The summed E-state index contributed by atoms with van der Waals surface area (Å²) in [6.07, 6.45) is 2.36. The number of hydrogen-bond acceptors (Lipinski definition) is 2. The highest BCUT2D eigenvalue weighted by molar-refractivity contribution is 5.65. The van der Waals surface area contributed by atoms with Crippen molar-refractivity contribution in [1.29, 1.82) is 0 Å². The molecule has 1 aromatic rings. The van der Waals surface area contributed by atoms with E-state index in [2.05, 4.69) is 30.0 Å². The predicted octanol–water partition coefficient (Wildman–Crippen LogP) is 1.46. The molecule has 1 fully saturated rings. The zero-order valence-electron chi connectivity index (χ0n) is 8.53. The summed E-state index contributed by atoms with van der Waals surface area (Å²) in [5.74, 6) is 0. The number of fused-ring (bicyclic) bond motifs is 3. The Morgan fingerprint density at radius 3 is 3.14 bits per heavy atom. The Morgan fingerprint density at radius 1 is 1.43 bits per heavy atom. The van der Waals surface area contributed by atoms with Crippen molar-refractivity contribution < 1.29 is 0 Å². The smallest absolute Gasteiger partial charge is 0.0432 e. The second kappa shape index (κ2) is 2.74. The lowest BCUT2D eigenvalue weighted by atomic mass is 10.0. The van der Waals surface area contributed by atoms with Gasteiger partial charge in [0.05, 0.1) is 0 Å². The van der Waals surface area contributed by atoms with Gasteiger partial charge >= 0.3 is 0 Å². The summed E-state index contributed by atoms with van der Waals surface area (Å²) < 4.78 is 0. The van der Waals surface area contributed by atoms with Gasteiger partial charge in [-0.15, -0.1) is 0 Å². The monoisotopic (exact) mass is 188 g/mol. The van der Waals surface area contributed by atoms with Crippen molar-refractivity contribution in [2.75, 3.05) is 11.4 Å². The van der Waals surface area contributed by atoms with Gasteiger partial charge in [-0.2, -0.15) is 0 Å². The third kappa shape index (κ3) is 1.01. The maximum atomic E-state index is 5.99. The van der Waals surface area contributed by atoms with E-state index in [1.807, 2.05) is 0 Å². The fourth-order valence-electron chi connectivity index (χ4n) is 2.97. The maximum Gasteiger partial charge on any atom is 0.0432 e. The van der Waals surface area contributed by atoms with Crippen LogP contribution in [0.25, 0.3) is 0 Å². The first-order chi connectivity index (χ1) is 6.75. The normalized spacial score (nSPS) is 29.1. The van der Waals surface area contributed by atoms with Gasteiger partial charge in [0, 0.05) is 24.3 Å². The number of nitrogens with zero attached hydrogens (tertiary/aromatic N) is 1. The number of para-hydroxylation sites is 1. The van der Waals surface area contributed by atoms with Crippen molar-refractivity contribution in [1.82, 2.24) is 0 Å². The molecule has 0 amide bonds. The molecule has 2 atom stereocenters. The van der Waals surface area contributed by atoms with E-state index in [0.717, 1.165) is 13.0 Å². The lowest BCUT2D eigenvalue weighted by Crippen LogP contribution is -2.27. The van der Waals surface area contributed by atoms with Gasteiger partial charge in [-0.1, -0.05) is 18.2 Å². The van der Waals surface area contributed by atoms with Crippen molar-refractivity contribution in [3.05, 3.63) is 29.3 Å². The lowest BCUT2D eigenvalue weighted by Gasteiger charge is -2.20. The molecule has 1 aromatic carbocycles. The Balaban J connectivity index is 2.07. The van der Waals surface area contributed by atoms with Gasteiger partial charge in [0.2, 0.25) is 0 Å². The Morgan fingerprint density at radius 2 is 2.29 bits per heavy atom. The van der Waals surface area contributed by atoms with Gasteiger partial charge in [0.25, 0.3) is 0 Å². The van der Waals surface area contributed by atoms with Gasteiger partial charge in [0.15, 0.2) is 0 Å². The van der Waals surface area contributed by atoms with E-state index in [1.54, 1.807) is 0 Å². The standard InChI is InChI=1S/C12H16N2/c1-8-3-2-4-9-5-11-6-10(13)7-14(11)12(8)9/h2-4,10-11H,5-7,13H2,1H3. The maximum absolute atomic E-state index is 5.99. The van der Waals surface area contributed by atoms with Crippen LogP contribution in [0.5, 0.6) is 0 Å². The molecule has 2 unspecified atom stereocenters. The first kappa shape index (κ1) is 8.30. The molecule has 2 N–H and O–H groups in total. The highest BCUT2D eigenvalue weighted by Crippen LogP contribution is 2.39. The van der Waals surface area contributed by atoms with Crippen LogP contribution in [0.3, 0.4) is 0 Å². The van der Waals surface area contributed by atoms with Crippen LogP contribution in [0.15, 0.2) is 18.2 Å². The Hall–Kier alpha value is -1.02. The minimum atomic E-state index is 0.382. The van der Waals surface area contributed by atoms with E-state index in [0.29, 0.717) is 12.1 Å². The summed E-state index contributed by atoms with van der Waals surface area (Å²) in [5.41, 5.74) is 10.4. The second-order valence-electron chi connectivity index (χ2n) is 4.59. The molecule has 2 heterocycles. The Labute approximate surface area is 84.7 Å². The van der Waals surface area contributed by atoms with Gasteiger partial charge in [-0.25, -0.2) is 0 Å². The zero-order valence-corrected chi connectivity index (χ0v) is 8.53. The van der Waals surface area contributed by atoms with Gasteiger partial charge in [0.1, 0.15) is 0 Å². The van der Waals surface area contributed by atoms with Gasteiger partial charge in [-0.05, 0) is 30.9 Å². The van der Waals surface area contributed by atoms with Gasteiger partial charge in [-0.3, -0.25) is 0 Å². The lowest BCUT2D eigenvalue weighted by molar-refractivity contribution is 0.662. The molecule has 2 aliphatic rings. The molecule has 0 radical (unpaired) electrons. The Kier molecular flexibility index (Phi) is 1.62. The molecule has 2 nitrogen and oxygen atoms in total. The average molecular weight is 188 g/mol. The second-order valence-corrected chi connectivity index (χ2v) is 4.59. The molecule has 2 heteroatoms. The van der Waals surface area contributed by atoms with E-state index in [-0.39, 0.29) is 0 Å². The molecule has 0 bridgehead atoms. The number of benzene rings is 1. The fraction of sp³-hybridized carbons (Fsp3) is 0.500. The summed E-state index contributed by atoms with van der Waals surface area (Å²) in [6, 6.07) is 7.68. The molecule has 14 heavy (non-hydrogen) atoms. The molecule has 0 saturated carbocycles. The molecular weight excluding hydrogens is 172 g/mol. The fourth-order valence-corrected chi connectivity index (χ4v) is 2.97. The molecule has 2 aliphatic heterocycles. The largest absolute Gasteiger partial charge is 0.366 e. The summed E-state index contributed by atoms with van der Waals surface area (Å²) in [4.78, 5) is 2.51. The number of anilines is 1. The third-order valence-electron chi connectivity index (χ3n) is 3.51. The topological polar surface area (TPSA) is 29.3 Å². The van der Waals surface area contributed by atoms with Crippen molar-refractivity contribution >= 4 is 5.69 Å². The Bertz CT molecular complexity index is 373. The van der Waals surface area contributed by atoms with Crippen LogP contribution < -0.4 is 10.6 Å². The van der Waals surface area contributed by atoms with E-state index < -0.39 is 0 Å². The average Bonchev–Trinajstić information content (AvgIpc) is 2.60. The zero-order chi connectivity index (χ0) is 9.71. The quantitative estimate of drug-likeness (QED) is 0.668. The minimum Gasteiger partial charge on any atom is -0.366 e. The van der Waals surface area contributed by atoms with Crippen molar-refractivity contribution in [2.45, 2.75) is 31.8 Å². The number of nitrogens with two attached hydrogens (primary N) is 1. The highest BCUT2D eigenvalue weighted by atomic mass is 15.2.